The highest BCUT2D eigenvalue weighted by Crippen LogP contribution is 2.46. The number of nitrogens with zero attached hydrogens (tertiary/aromatic N) is 2. The van der Waals surface area contributed by atoms with Gasteiger partial charge in [-0.05, 0) is 53.8 Å². The number of aromatic hydroxyl groups is 1. The largest absolute Gasteiger partial charge is 0.508 e. The first-order valence-electron chi connectivity index (χ1n) is 10.7. The molecule has 7 nitrogen and oxygen atoms in total. The molecule has 3 N–H and O–H groups in total. The SMILES string of the molecule is CC1(C)CC(=O)C2=C(C1)Nc1c(C(=O)Nc3ccc(F)cc3)cnn1[C@H]2c1ccc(O)cc1. The number of carbonyl (C=O) groups excluding carboxylic acids is 2. The predicted molar refractivity (Wildman–Crippen MR) is 121 cm³/mol. The number of hydrogen-bond acceptors (Lipinski definition) is 5. The smallest absolute Gasteiger partial charge is 0.261 e. The standard InChI is InChI=1S/C25H23FN4O3/c1-25(2)11-19-21(20(32)12-25)22(14-3-9-17(31)10-4-14)30-23(29-19)18(13-27-30)24(33)28-16-7-5-15(26)6-8-16/h3-10,13,22,29,31H,11-12H2,1-2H3,(H,28,33)/t22-/m0/s1. The minimum atomic E-state index is -0.521. The maximum atomic E-state index is 13.2. The summed E-state index contributed by atoms with van der Waals surface area (Å²) in [7, 11) is 0. The number of aromatic nitrogens is 2. The molecule has 2 aliphatic rings. The van der Waals surface area contributed by atoms with E-state index in [0.29, 0.717) is 35.5 Å². The van der Waals surface area contributed by atoms with Crippen LogP contribution in [0, 0.1) is 11.2 Å². The summed E-state index contributed by atoms with van der Waals surface area (Å²) in [5, 5.41) is 20.3. The quantitative estimate of drug-likeness (QED) is 0.545. The Morgan fingerprint density at radius 2 is 1.85 bits per heavy atom. The van der Waals surface area contributed by atoms with Crippen molar-refractivity contribution >= 4 is 23.2 Å². The lowest BCUT2D eigenvalue weighted by Crippen LogP contribution is -2.36. The van der Waals surface area contributed by atoms with E-state index < -0.39 is 17.8 Å². The van der Waals surface area contributed by atoms with Crippen molar-refractivity contribution in [3.8, 4) is 5.75 Å². The molecule has 5 rings (SSSR count). The number of nitrogens with one attached hydrogen (secondary N) is 2. The van der Waals surface area contributed by atoms with E-state index in [4.69, 9.17) is 0 Å². The molecule has 1 aromatic heterocycles. The number of phenolic OH excluding ortho intramolecular Hbond substituents is 1. The van der Waals surface area contributed by atoms with Crippen molar-refractivity contribution in [1.29, 1.82) is 0 Å². The van der Waals surface area contributed by atoms with Gasteiger partial charge in [0.1, 0.15) is 29.0 Å². The lowest BCUT2D eigenvalue weighted by Gasteiger charge is -2.39. The van der Waals surface area contributed by atoms with E-state index in [2.05, 4.69) is 15.7 Å². The maximum Gasteiger partial charge on any atom is 0.261 e. The number of rotatable bonds is 3. The number of hydrogen-bond donors (Lipinski definition) is 3. The van der Waals surface area contributed by atoms with Gasteiger partial charge < -0.3 is 15.7 Å². The molecule has 0 radical (unpaired) electrons. The van der Waals surface area contributed by atoms with Crippen molar-refractivity contribution in [2.45, 2.75) is 32.7 Å². The fourth-order valence-electron chi connectivity index (χ4n) is 4.57. The minimum absolute atomic E-state index is 0.0327. The second-order valence-electron chi connectivity index (χ2n) is 9.26. The fraction of sp³-hybridized carbons (Fsp3) is 0.240. The zero-order valence-electron chi connectivity index (χ0n) is 18.2. The Morgan fingerprint density at radius 1 is 1.15 bits per heavy atom. The van der Waals surface area contributed by atoms with E-state index in [1.807, 2.05) is 13.8 Å². The van der Waals surface area contributed by atoms with Crippen LogP contribution in [0.1, 0.15) is 48.7 Å². The van der Waals surface area contributed by atoms with E-state index in [1.165, 1.54) is 30.5 Å². The normalized spacial score (nSPS) is 18.9. The first-order chi connectivity index (χ1) is 15.7. The lowest BCUT2D eigenvalue weighted by atomic mass is 9.73. The van der Waals surface area contributed by atoms with Crippen LogP contribution in [0.3, 0.4) is 0 Å². The van der Waals surface area contributed by atoms with Gasteiger partial charge in [0.05, 0.1) is 6.20 Å². The maximum absolute atomic E-state index is 13.2. The lowest BCUT2D eigenvalue weighted by molar-refractivity contribution is -0.118. The number of Topliss-reactive ketones (excluding diaryl/α,β-unsaturated/α-hetero) is 1. The van der Waals surface area contributed by atoms with Crippen molar-refractivity contribution < 1.29 is 19.1 Å². The van der Waals surface area contributed by atoms with Crippen molar-refractivity contribution in [3.05, 3.63) is 82.9 Å². The Labute approximate surface area is 189 Å². The molecule has 1 atom stereocenters. The molecule has 1 amide bonds. The zero-order valence-corrected chi connectivity index (χ0v) is 18.2. The van der Waals surface area contributed by atoms with Crippen LogP contribution in [0.15, 0.2) is 66.0 Å². The van der Waals surface area contributed by atoms with Gasteiger partial charge in [0, 0.05) is 23.4 Å². The van der Waals surface area contributed by atoms with E-state index in [-0.39, 0.29) is 16.9 Å². The summed E-state index contributed by atoms with van der Waals surface area (Å²) in [5.74, 6) is -0.149. The summed E-state index contributed by atoms with van der Waals surface area (Å²) >= 11 is 0. The molecule has 0 spiro atoms. The molecule has 33 heavy (non-hydrogen) atoms. The first-order valence-corrected chi connectivity index (χ1v) is 10.7. The molecule has 0 bridgehead atoms. The molecular weight excluding hydrogens is 423 g/mol. The topological polar surface area (TPSA) is 96.3 Å². The molecule has 2 heterocycles. The molecule has 2 aromatic carbocycles. The second-order valence-corrected chi connectivity index (χ2v) is 9.26. The molecule has 1 aliphatic carbocycles. The molecular formula is C25H23FN4O3. The Hall–Kier alpha value is -3.94. The zero-order chi connectivity index (χ0) is 23.3. The van der Waals surface area contributed by atoms with Crippen LogP contribution in [-0.2, 0) is 4.79 Å². The molecule has 0 unspecified atom stereocenters. The molecule has 168 valence electrons. The highest BCUT2D eigenvalue weighted by Gasteiger charge is 2.42. The Bertz CT molecular complexity index is 1290. The van der Waals surface area contributed by atoms with Crippen LogP contribution in [0.25, 0.3) is 0 Å². The summed E-state index contributed by atoms with van der Waals surface area (Å²) in [6.07, 6.45) is 2.52. The molecule has 0 saturated heterocycles. The third-order valence-corrected chi connectivity index (χ3v) is 6.06. The number of allylic oxidation sites excluding steroid dienone is 2. The average molecular weight is 446 g/mol. The Kier molecular flexibility index (Phi) is 4.81. The first kappa shape index (κ1) is 20.9. The van der Waals surface area contributed by atoms with Crippen molar-refractivity contribution in [2.75, 3.05) is 10.6 Å². The summed E-state index contributed by atoms with van der Waals surface area (Å²) in [6.45, 7) is 4.08. The van der Waals surface area contributed by atoms with Crippen LogP contribution in [0.5, 0.6) is 5.75 Å². The number of phenols is 1. The van der Waals surface area contributed by atoms with Gasteiger partial charge in [-0.15, -0.1) is 0 Å². The van der Waals surface area contributed by atoms with Gasteiger partial charge in [0.15, 0.2) is 5.78 Å². The van der Waals surface area contributed by atoms with Gasteiger partial charge in [-0.1, -0.05) is 26.0 Å². The van der Waals surface area contributed by atoms with E-state index >= 15 is 0 Å². The van der Waals surface area contributed by atoms with Gasteiger partial charge in [-0.25, -0.2) is 9.07 Å². The van der Waals surface area contributed by atoms with Gasteiger partial charge in [-0.2, -0.15) is 5.10 Å². The number of halogens is 1. The van der Waals surface area contributed by atoms with Crippen LogP contribution < -0.4 is 10.6 Å². The van der Waals surface area contributed by atoms with Crippen molar-refractivity contribution in [3.63, 3.8) is 0 Å². The van der Waals surface area contributed by atoms with Gasteiger partial charge in [0.25, 0.3) is 5.91 Å². The number of amides is 1. The van der Waals surface area contributed by atoms with Crippen molar-refractivity contribution in [2.24, 2.45) is 5.41 Å². The summed E-state index contributed by atoms with van der Waals surface area (Å²) in [4.78, 5) is 26.3. The second kappa shape index (κ2) is 7.58. The summed E-state index contributed by atoms with van der Waals surface area (Å²) in [6, 6.07) is 11.6. The van der Waals surface area contributed by atoms with E-state index in [9.17, 15) is 19.1 Å². The van der Waals surface area contributed by atoms with Crippen molar-refractivity contribution in [1.82, 2.24) is 9.78 Å². The molecule has 8 heteroatoms. The van der Waals surface area contributed by atoms with E-state index in [1.54, 1.807) is 28.9 Å². The average Bonchev–Trinajstić information content (AvgIpc) is 3.17. The summed E-state index contributed by atoms with van der Waals surface area (Å²) < 4.78 is 14.9. The third kappa shape index (κ3) is 3.77. The molecule has 3 aromatic rings. The number of ketones is 1. The monoisotopic (exact) mass is 446 g/mol. The van der Waals surface area contributed by atoms with Gasteiger partial charge in [0.2, 0.25) is 0 Å². The number of anilines is 2. The number of benzene rings is 2. The predicted octanol–water partition coefficient (Wildman–Crippen LogP) is 4.64. The van der Waals surface area contributed by atoms with Gasteiger partial charge in [-0.3, -0.25) is 9.59 Å². The molecule has 0 saturated carbocycles. The Balaban J connectivity index is 1.58. The number of carbonyl (C=O) groups is 2. The highest BCUT2D eigenvalue weighted by molar-refractivity contribution is 6.08. The van der Waals surface area contributed by atoms with Gasteiger partial charge >= 0.3 is 0 Å². The highest BCUT2D eigenvalue weighted by atomic mass is 19.1. The number of fused-ring (bicyclic) bond motifs is 1. The minimum Gasteiger partial charge on any atom is -0.508 e. The molecule has 1 aliphatic heterocycles. The third-order valence-electron chi connectivity index (χ3n) is 6.06. The molecule has 0 fully saturated rings. The van der Waals surface area contributed by atoms with Crippen LogP contribution in [0.2, 0.25) is 0 Å². The van der Waals surface area contributed by atoms with Crippen LogP contribution in [-0.4, -0.2) is 26.6 Å². The van der Waals surface area contributed by atoms with E-state index in [0.717, 1.165) is 11.3 Å². The summed E-state index contributed by atoms with van der Waals surface area (Å²) in [5.41, 5.74) is 2.73. The Morgan fingerprint density at radius 3 is 2.55 bits per heavy atom. The van der Waals surface area contributed by atoms with Crippen LogP contribution in [0.4, 0.5) is 15.9 Å². The fourth-order valence-corrected chi connectivity index (χ4v) is 4.57. The van der Waals surface area contributed by atoms with Crippen LogP contribution >= 0.6 is 0 Å².